The third kappa shape index (κ3) is 9.43. The summed E-state index contributed by atoms with van der Waals surface area (Å²) >= 11 is 0. The number of aliphatic carboxylic acids is 3. The van der Waals surface area contributed by atoms with Gasteiger partial charge < -0.3 is 20.2 Å². The van der Waals surface area contributed by atoms with E-state index < -0.39 is 37.0 Å². The molecule has 0 aromatic rings. The van der Waals surface area contributed by atoms with Gasteiger partial charge in [0.2, 0.25) is 0 Å². The zero-order valence-corrected chi connectivity index (χ0v) is 14.6. The van der Waals surface area contributed by atoms with Crippen molar-refractivity contribution in [1.29, 1.82) is 0 Å². The van der Waals surface area contributed by atoms with Gasteiger partial charge in [0.15, 0.2) is 0 Å². The molecule has 140 valence electrons. The zero-order chi connectivity index (χ0) is 18.7. The van der Waals surface area contributed by atoms with Crippen LogP contribution in [-0.4, -0.2) is 106 Å². The monoisotopic (exact) mass is 347 g/mol. The van der Waals surface area contributed by atoms with Crippen molar-refractivity contribution in [3.63, 3.8) is 0 Å². The third-order valence-electron chi connectivity index (χ3n) is 3.92. The van der Waals surface area contributed by atoms with Gasteiger partial charge in [-0.05, 0) is 20.0 Å². The van der Waals surface area contributed by atoms with Gasteiger partial charge in [0.25, 0.3) is 0 Å². The van der Waals surface area contributed by atoms with Crippen molar-refractivity contribution in [3.05, 3.63) is 0 Å². The van der Waals surface area contributed by atoms with Crippen LogP contribution in [0.2, 0.25) is 0 Å². The van der Waals surface area contributed by atoms with Crippen LogP contribution in [0.1, 0.15) is 20.8 Å². The number of carboxylic acid groups (broad SMARTS) is 3. The Bertz CT molecular complexity index is 398. The van der Waals surface area contributed by atoms with Gasteiger partial charge in [-0.3, -0.25) is 24.2 Å². The number of hydrogen-bond acceptors (Lipinski definition) is 6. The maximum Gasteiger partial charge on any atom is 0.320 e. The van der Waals surface area contributed by atoms with Crippen molar-refractivity contribution < 1.29 is 29.7 Å². The lowest BCUT2D eigenvalue weighted by Crippen LogP contribution is -2.48. The highest BCUT2D eigenvalue weighted by molar-refractivity contribution is 5.73. The molecule has 0 radical (unpaired) electrons. The summed E-state index contributed by atoms with van der Waals surface area (Å²) in [5, 5.41) is 26.9. The standard InChI is InChI=1S/C15H29N3O6/c1-4-16(5-2)6-8-18(12(3)15(23)24)9-7-17(10-13(19)20)11-14(21)22/h12H,4-11H2,1-3H3,(H,19,20)(H,21,22)(H,23,24). The van der Waals surface area contributed by atoms with E-state index in [9.17, 15) is 19.5 Å². The van der Waals surface area contributed by atoms with Crippen LogP contribution in [0.25, 0.3) is 0 Å². The number of carboxylic acids is 3. The average molecular weight is 347 g/mol. The van der Waals surface area contributed by atoms with E-state index >= 15 is 0 Å². The first kappa shape index (κ1) is 22.3. The Hall–Kier alpha value is -1.71. The summed E-state index contributed by atoms with van der Waals surface area (Å²) in [5.74, 6) is -3.19. The van der Waals surface area contributed by atoms with Crippen LogP contribution in [0.5, 0.6) is 0 Å². The Morgan fingerprint density at radius 1 is 0.792 bits per heavy atom. The predicted octanol–water partition coefficient (Wildman–Crippen LogP) is -0.425. The van der Waals surface area contributed by atoms with E-state index in [1.165, 1.54) is 4.90 Å². The summed E-state index contributed by atoms with van der Waals surface area (Å²) in [7, 11) is 0. The smallest absolute Gasteiger partial charge is 0.320 e. The fourth-order valence-corrected chi connectivity index (χ4v) is 2.33. The first-order valence-corrected chi connectivity index (χ1v) is 8.06. The van der Waals surface area contributed by atoms with Gasteiger partial charge in [-0.25, -0.2) is 0 Å². The Morgan fingerprint density at radius 3 is 1.54 bits per heavy atom. The Labute approximate surface area is 142 Å². The zero-order valence-electron chi connectivity index (χ0n) is 14.6. The summed E-state index contributed by atoms with van der Waals surface area (Å²) < 4.78 is 0. The van der Waals surface area contributed by atoms with E-state index in [0.29, 0.717) is 13.1 Å². The highest BCUT2D eigenvalue weighted by Gasteiger charge is 2.22. The second-order valence-electron chi connectivity index (χ2n) is 5.58. The van der Waals surface area contributed by atoms with Crippen molar-refractivity contribution >= 4 is 17.9 Å². The molecular formula is C15H29N3O6. The van der Waals surface area contributed by atoms with E-state index in [0.717, 1.165) is 13.1 Å². The number of hydrogen-bond donors (Lipinski definition) is 3. The van der Waals surface area contributed by atoms with Gasteiger partial charge in [-0.2, -0.15) is 0 Å². The summed E-state index contributed by atoms with van der Waals surface area (Å²) in [5.41, 5.74) is 0. The molecule has 0 aromatic heterocycles. The first-order valence-electron chi connectivity index (χ1n) is 8.06. The molecule has 0 amide bonds. The van der Waals surface area contributed by atoms with Crippen LogP contribution < -0.4 is 0 Å². The van der Waals surface area contributed by atoms with Crippen molar-refractivity contribution in [2.75, 3.05) is 52.4 Å². The molecule has 1 unspecified atom stereocenters. The summed E-state index contributed by atoms with van der Waals surface area (Å²) in [6.45, 7) is 8.23. The van der Waals surface area contributed by atoms with E-state index in [4.69, 9.17) is 10.2 Å². The lowest BCUT2D eigenvalue weighted by atomic mass is 10.2. The molecule has 0 aliphatic carbocycles. The Kier molecular flexibility index (Phi) is 10.9. The topological polar surface area (TPSA) is 122 Å². The van der Waals surface area contributed by atoms with Crippen LogP contribution in [0.15, 0.2) is 0 Å². The summed E-state index contributed by atoms with van der Waals surface area (Å²) in [6, 6.07) is -0.725. The molecule has 0 bridgehead atoms. The van der Waals surface area contributed by atoms with Gasteiger partial charge in [0.1, 0.15) is 6.04 Å². The molecule has 0 saturated heterocycles. The minimum Gasteiger partial charge on any atom is -0.480 e. The average Bonchev–Trinajstić information content (AvgIpc) is 2.48. The van der Waals surface area contributed by atoms with Crippen LogP contribution >= 0.6 is 0 Å². The lowest BCUT2D eigenvalue weighted by Gasteiger charge is -2.31. The largest absolute Gasteiger partial charge is 0.480 e. The Morgan fingerprint density at radius 2 is 1.21 bits per heavy atom. The number of rotatable bonds is 14. The SMILES string of the molecule is CCN(CC)CCN(CCN(CC(=O)O)CC(=O)O)C(C)C(=O)O. The fourth-order valence-electron chi connectivity index (χ4n) is 2.33. The molecule has 1 atom stereocenters. The minimum absolute atomic E-state index is 0.175. The maximum atomic E-state index is 11.3. The van der Waals surface area contributed by atoms with Gasteiger partial charge in [-0.1, -0.05) is 13.8 Å². The molecule has 0 fully saturated rings. The van der Waals surface area contributed by atoms with Crippen molar-refractivity contribution in [2.24, 2.45) is 0 Å². The van der Waals surface area contributed by atoms with E-state index in [-0.39, 0.29) is 13.1 Å². The van der Waals surface area contributed by atoms with Crippen molar-refractivity contribution in [3.8, 4) is 0 Å². The summed E-state index contributed by atoms with van der Waals surface area (Å²) in [4.78, 5) is 38.1. The molecule has 9 nitrogen and oxygen atoms in total. The second kappa shape index (κ2) is 11.8. The molecule has 0 saturated carbocycles. The molecular weight excluding hydrogens is 318 g/mol. The van der Waals surface area contributed by atoms with Crippen LogP contribution in [-0.2, 0) is 14.4 Å². The predicted molar refractivity (Wildman–Crippen MR) is 88.2 cm³/mol. The van der Waals surface area contributed by atoms with Crippen LogP contribution in [0.3, 0.4) is 0 Å². The molecule has 24 heavy (non-hydrogen) atoms. The molecule has 9 heteroatoms. The molecule has 3 N–H and O–H groups in total. The number of likely N-dealkylation sites (N-methyl/N-ethyl adjacent to an activating group) is 1. The van der Waals surface area contributed by atoms with Crippen LogP contribution in [0, 0.1) is 0 Å². The van der Waals surface area contributed by atoms with Crippen LogP contribution in [0.4, 0.5) is 0 Å². The number of nitrogens with zero attached hydrogens (tertiary/aromatic N) is 3. The van der Waals surface area contributed by atoms with E-state index in [1.54, 1.807) is 11.8 Å². The summed E-state index contributed by atoms with van der Waals surface area (Å²) in [6.07, 6.45) is 0. The molecule has 0 aliphatic heterocycles. The van der Waals surface area contributed by atoms with Gasteiger partial charge >= 0.3 is 17.9 Å². The van der Waals surface area contributed by atoms with Gasteiger partial charge in [0, 0.05) is 26.2 Å². The van der Waals surface area contributed by atoms with Crippen molar-refractivity contribution in [2.45, 2.75) is 26.8 Å². The minimum atomic E-state index is -1.11. The van der Waals surface area contributed by atoms with Gasteiger partial charge in [0.05, 0.1) is 13.1 Å². The quantitative estimate of drug-likeness (QED) is 0.384. The molecule has 0 aliphatic rings. The fraction of sp³-hybridized carbons (Fsp3) is 0.800. The van der Waals surface area contributed by atoms with Gasteiger partial charge in [-0.15, -0.1) is 0 Å². The van der Waals surface area contributed by atoms with E-state index in [1.807, 2.05) is 13.8 Å². The normalized spacial score (nSPS) is 12.8. The highest BCUT2D eigenvalue weighted by atomic mass is 16.4. The molecule has 0 heterocycles. The van der Waals surface area contributed by atoms with Crippen molar-refractivity contribution in [1.82, 2.24) is 14.7 Å². The lowest BCUT2D eigenvalue weighted by molar-refractivity contribution is -0.145. The second-order valence-corrected chi connectivity index (χ2v) is 5.58. The number of carbonyl (C=O) groups is 3. The molecule has 0 rings (SSSR count). The third-order valence-corrected chi connectivity index (χ3v) is 3.92. The molecule has 0 aromatic carbocycles. The maximum absolute atomic E-state index is 11.3. The molecule has 0 spiro atoms. The highest BCUT2D eigenvalue weighted by Crippen LogP contribution is 2.02. The Balaban J connectivity index is 4.79. The first-order chi connectivity index (χ1) is 11.2. The van der Waals surface area contributed by atoms with E-state index in [2.05, 4.69) is 4.90 Å².